The maximum atomic E-state index is 13.2. The van der Waals surface area contributed by atoms with Crippen molar-refractivity contribution in [3.05, 3.63) is 47.1 Å². The molecule has 4 rings (SSSR count). The van der Waals surface area contributed by atoms with Gasteiger partial charge in [-0.05, 0) is 44.0 Å². The summed E-state index contributed by atoms with van der Waals surface area (Å²) in [7, 11) is -3.87. The minimum absolute atomic E-state index is 0.0248. The number of carbonyl (C=O) groups excluding carboxylic acids is 2. The summed E-state index contributed by atoms with van der Waals surface area (Å²) in [5.74, 6) is -0.501. The first-order valence-electron chi connectivity index (χ1n) is 10.7. The molecule has 0 aliphatic carbocycles. The fourth-order valence-electron chi connectivity index (χ4n) is 4.00. The summed E-state index contributed by atoms with van der Waals surface area (Å²) in [6.45, 7) is 3.07. The van der Waals surface area contributed by atoms with Crippen molar-refractivity contribution in [3.8, 4) is 0 Å². The van der Waals surface area contributed by atoms with Crippen LogP contribution in [0.5, 0.6) is 0 Å². The Kier molecular flexibility index (Phi) is 6.66. The average Bonchev–Trinajstić information content (AvgIpc) is 3.23. The fourth-order valence-corrected chi connectivity index (χ4v) is 5.41. The zero-order valence-corrected chi connectivity index (χ0v) is 18.9. The van der Waals surface area contributed by atoms with Gasteiger partial charge in [0.05, 0.1) is 11.5 Å². The van der Waals surface area contributed by atoms with E-state index in [1.807, 2.05) is 0 Å². The van der Waals surface area contributed by atoms with Gasteiger partial charge in [0.2, 0.25) is 10.0 Å². The molecular formula is C21H25FN4O6S. The molecule has 0 spiro atoms. The number of carbonyl (C=O) groups is 2. The number of nitrogens with one attached hydrogen (secondary N) is 1. The van der Waals surface area contributed by atoms with Crippen LogP contribution in [0.1, 0.15) is 41.6 Å². The molecule has 10 nitrogen and oxygen atoms in total. The van der Waals surface area contributed by atoms with E-state index in [2.05, 4.69) is 10.5 Å². The molecule has 1 aromatic heterocycles. The number of piperidine rings is 1. The predicted octanol–water partition coefficient (Wildman–Crippen LogP) is 1.91. The van der Waals surface area contributed by atoms with Gasteiger partial charge in [0, 0.05) is 44.2 Å². The molecule has 2 aliphatic rings. The summed E-state index contributed by atoms with van der Waals surface area (Å²) in [6.07, 6.45) is 1.04. The van der Waals surface area contributed by atoms with Gasteiger partial charge in [-0.1, -0.05) is 5.16 Å². The molecule has 3 heterocycles. The number of fused-ring (bicyclic) bond motifs is 1. The minimum Gasteiger partial charge on any atom is -0.450 e. The highest BCUT2D eigenvalue weighted by molar-refractivity contribution is 7.89. The van der Waals surface area contributed by atoms with E-state index in [0.29, 0.717) is 43.9 Å². The van der Waals surface area contributed by atoms with Crippen LogP contribution in [0.3, 0.4) is 0 Å². The van der Waals surface area contributed by atoms with Crippen molar-refractivity contribution >= 4 is 22.0 Å². The van der Waals surface area contributed by atoms with Crippen molar-refractivity contribution < 1.29 is 31.7 Å². The third-order valence-electron chi connectivity index (χ3n) is 5.81. The molecule has 0 bridgehead atoms. The molecule has 12 heteroatoms. The average molecular weight is 481 g/mol. The van der Waals surface area contributed by atoms with Gasteiger partial charge in [0.25, 0.3) is 5.91 Å². The van der Waals surface area contributed by atoms with Gasteiger partial charge in [0.1, 0.15) is 11.6 Å². The van der Waals surface area contributed by atoms with Gasteiger partial charge >= 0.3 is 6.09 Å². The first-order chi connectivity index (χ1) is 15.8. The summed E-state index contributed by atoms with van der Waals surface area (Å²) in [5, 5.41) is 6.79. The molecule has 1 aromatic carbocycles. The Bertz CT molecular complexity index is 1130. The SMILES string of the molecule is CCOC(=O)N1CCC(NC(=O)c2noc3c2CN(S(=O)(=O)c2ccc(F)cc2)CC3)CC1. The van der Waals surface area contributed by atoms with Crippen molar-refractivity contribution in [2.75, 3.05) is 26.2 Å². The van der Waals surface area contributed by atoms with Gasteiger partial charge in [-0.2, -0.15) is 4.31 Å². The molecule has 0 unspecified atom stereocenters. The monoisotopic (exact) mass is 480 g/mol. The summed E-state index contributed by atoms with van der Waals surface area (Å²) >= 11 is 0. The van der Waals surface area contributed by atoms with Crippen LogP contribution < -0.4 is 5.32 Å². The Balaban J connectivity index is 1.42. The molecule has 178 valence electrons. The van der Waals surface area contributed by atoms with Crippen molar-refractivity contribution in [3.63, 3.8) is 0 Å². The molecule has 2 aromatic rings. The number of rotatable bonds is 5. The lowest BCUT2D eigenvalue weighted by Crippen LogP contribution is -2.47. The molecule has 33 heavy (non-hydrogen) atoms. The Labute approximate surface area is 190 Å². The van der Waals surface area contributed by atoms with Crippen LogP contribution >= 0.6 is 0 Å². The van der Waals surface area contributed by atoms with Crippen molar-refractivity contribution in [1.82, 2.24) is 19.7 Å². The van der Waals surface area contributed by atoms with Crippen LogP contribution in [-0.2, 0) is 27.7 Å². The lowest BCUT2D eigenvalue weighted by atomic mass is 10.0. The summed E-state index contributed by atoms with van der Waals surface area (Å²) in [6, 6.07) is 4.45. The standard InChI is InChI=1S/C21H25FN4O6S/c1-2-31-21(28)25-10-7-15(8-11-25)23-20(27)19-17-13-26(12-9-18(17)32-24-19)33(29,30)16-5-3-14(22)4-6-16/h3-6,15H,2,7-13H2,1H3,(H,23,27). The smallest absolute Gasteiger partial charge is 0.409 e. The van der Waals surface area contributed by atoms with E-state index in [1.165, 1.54) is 16.4 Å². The number of aromatic nitrogens is 1. The first kappa shape index (κ1) is 23.2. The fraction of sp³-hybridized carbons (Fsp3) is 0.476. The second-order valence-electron chi connectivity index (χ2n) is 7.91. The Morgan fingerprint density at radius 3 is 2.58 bits per heavy atom. The van der Waals surface area contributed by atoms with E-state index < -0.39 is 21.7 Å². The molecule has 1 saturated heterocycles. The maximum Gasteiger partial charge on any atom is 0.409 e. The van der Waals surface area contributed by atoms with Gasteiger partial charge in [-0.25, -0.2) is 17.6 Å². The number of halogens is 1. The number of sulfonamides is 1. The van der Waals surface area contributed by atoms with E-state index in [-0.39, 0.29) is 42.2 Å². The van der Waals surface area contributed by atoms with Crippen LogP contribution in [0.25, 0.3) is 0 Å². The minimum atomic E-state index is -3.87. The predicted molar refractivity (Wildman–Crippen MR) is 113 cm³/mol. The van der Waals surface area contributed by atoms with Gasteiger partial charge < -0.3 is 19.5 Å². The molecule has 1 N–H and O–H groups in total. The number of hydrogen-bond donors (Lipinski definition) is 1. The van der Waals surface area contributed by atoms with Crippen LogP contribution in [0.4, 0.5) is 9.18 Å². The molecular weight excluding hydrogens is 455 g/mol. The van der Waals surface area contributed by atoms with Crippen LogP contribution in [-0.4, -0.2) is 67.1 Å². The maximum absolute atomic E-state index is 13.2. The second-order valence-corrected chi connectivity index (χ2v) is 9.85. The Morgan fingerprint density at radius 1 is 1.21 bits per heavy atom. The zero-order valence-electron chi connectivity index (χ0n) is 18.1. The van der Waals surface area contributed by atoms with E-state index in [9.17, 15) is 22.4 Å². The highest BCUT2D eigenvalue weighted by Gasteiger charge is 2.34. The summed E-state index contributed by atoms with van der Waals surface area (Å²) < 4.78 is 50.7. The quantitative estimate of drug-likeness (QED) is 0.694. The van der Waals surface area contributed by atoms with Gasteiger partial charge in [-0.15, -0.1) is 0 Å². The van der Waals surface area contributed by atoms with Crippen LogP contribution in [0, 0.1) is 5.82 Å². The zero-order chi connectivity index (χ0) is 23.6. The van der Waals surface area contributed by atoms with E-state index in [4.69, 9.17) is 9.26 Å². The van der Waals surface area contributed by atoms with E-state index in [0.717, 1.165) is 12.1 Å². The normalized spacial score (nSPS) is 17.5. The summed E-state index contributed by atoms with van der Waals surface area (Å²) in [5.41, 5.74) is 0.477. The molecule has 2 amide bonds. The lowest BCUT2D eigenvalue weighted by Gasteiger charge is -2.31. The Hall–Kier alpha value is -2.99. The molecule has 2 aliphatic heterocycles. The third-order valence-corrected chi connectivity index (χ3v) is 7.67. The number of amides is 2. The topological polar surface area (TPSA) is 122 Å². The van der Waals surface area contributed by atoms with Gasteiger partial charge in [-0.3, -0.25) is 4.79 Å². The number of hydrogen-bond acceptors (Lipinski definition) is 7. The third kappa shape index (κ3) is 4.86. The van der Waals surface area contributed by atoms with Crippen LogP contribution in [0.2, 0.25) is 0 Å². The second kappa shape index (κ2) is 9.48. The lowest BCUT2D eigenvalue weighted by molar-refractivity contribution is 0.0853. The number of likely N-dealkylation sites (tertiary alicyclic amines) is 1. The van der Waals surface area contributed by atoms with E-state index >= 15 is 0 Å². The molecule has 0 atom stereocenters. The highest BCUT2D eigenvalue weighted by Crippen LogP contribution is 2.27. The first-order valence-corrected chi connectivity index (χ1v) is 12.2. The molecule has 0 radical (unpaired) electrons. The number of benzene rings is 1. The van der Waals surface area contributed by atoms with Crippen molar-refractivity contribution in [1.29, 1.82) is 0 Å². The molecule has 0 saturated carbocycles. The summed E-state index contributed by atoms with van der Waals surface area (Å²) in [4.78, 5) is 26.3. The van der Waals surface area contributed by atoms with Crippen molar-refractivity contribution in [2.24, 2.45) is 0 Å². The number of nitrogens with zero attached hydrogens (tertiary/aromatic N) is 3. The van der Waals surface area contributed by atoms with Gasteiger partial charge in [0.15, 0.2) is 5.69 Å². The van der Waals surface area contributed by atoms with E-state index in [1.54, 1.807) is 11.8 Å². The van der Waals surface area contributed by atoms with Crippen molar-refractivity contribution in [2.45, 2.75) is 43.7 Å². The highest BCUT2D eigenvalue weighted by atomic mass is 32.2. The largest absolute Gasteiger partial charge is 0.450 e. The number of ether oxygens (including phenoxy) is 1. The van der Waals surface area contributed by atoms with Crippen LogP contribution in [0.15, 0.2) is 33.7 Å². The molecule has 1 fully saturated rings. The Morgan fingerprint density at radius 2 is 1.91 bits per heavy atom.